The quantitative estimate of drug-likeness (QED) is 0.0955. The third-order valence-corrected chi connectivity index (χ3v) is 51.0. The fraction of sp³-hybridized carbons (Fsp3) is 0.226. The molecule has 2 atom stereocenters. The molecule has 0 bridgehead atoms. The van der Waals surface area contributed by atoms with Gasteiger partial charge in [-0.2, -0.15) is 0 Å². The SMILES string of the molecule is CCC[CH2][Ti](=[SiH2])([CH2]CCC)([c]1ccccc1)([c]1ccccc1)([CH]1C(CC)=Cc2c(-c3cccc4ccccc34)cccc21)[CH]1C(CC)=Cc2c(-c3cccc4ccccc34)cccc21. The molecule has 0 amide bonds. The van der Waals surface area contributed by atoms with Gasteiger partial charge in [-0.3, -0.25) is 0 Å². The zero-order valence-electron chi connectivity index (χ0n) is 38.5. The fourth-order valence-corrected chi connectivity index (χ4v) is 49.7. The van der Waals surface area contributed by atoms with Crippen molar-refractivity contribution in [3.63, 3.8) is 0 Å². The molecule has 0 saturated carbocycles. The second kappa shape index (κ2) is 15.4. The summed E-state index contributed by atoms with van der Waals surface area (Å²) in [6, 6.07) is 71.4. The van der Waals surface area contributed by atoms with Crippen molar-refractivity contribution in [2.45, 2.75) is 84.1 Å². The minimum absolute atomic E-state index is 0.182. The van der Waals surface area contributed by atoms with Crippen molar-refractivity contribution in [3.8, 4) is 22.3 Å². The molecule has 0 saturated heterocycles. The molecule has 0 radical (unpaired) electrons. The normalized spacial score (nSPS) is 17.5. The van der Waals surface area contributed by atoms with Crippen LogP contribution in [-0.2, 0) is 11.5 Å². The van der Waals surface area contributed by atoms with Gasteiger partial charge in [-0.15, -0.1) is 0 Å². The molecule has 0 nitrogen and oxygen atoms in total. The van der Waals surface area contributed by atoms with Crippen LogP contribution in [0.1, 0.15) is 96.9 Å². The molecule has 0 spiro atoms. The Balaban J connectivity index is 1.45. The van der Waals surface area contributed by atoms with E-state index in [9.17, 15) is 0 Å². The van der Waals surface area contributed by atoms with Gasteiger partial charge in [0.1, 0.15) is 0 Å². The molecule has 0 fully saturated rings. The van der Waals surface area contributed by atoms with E-state index in [1.54, 1.807) is 30.0 Å². The van der Waals surface area contributed by atoms with Crippen LogP contribution in [0.25, 0.3) is 56.0 Å². The molecule has 320 valence electrons. The summed E-state index contributed by atoms with van der Waals surface area (Å²) in [5, 5.41) is 5.23. The van der Waals surface area contributed by atoms with E-state index in [1.165, 1.54) is 64.4 Å². The molecule has 8 aromatic rings. The third-order valence-electron chi connectivity index (χ3n) is 18.0. The van der Waals surface area contributed by atoms with E-state index < -0.39 is 11.5 Å². The zero-order valence-corrected chi connectivity index (χ0v) is 41.5. The Bertz CT molecular complexity index is 3060. The maximum absolute atomic E-state index is 6.18. The number of benzene rings is 8. The fourth-order valence-electron chi connectivity index (χ4n) is 15.5. The Morgan fingerprint density at radius 2 is 0.750 bits per heavy atom. The van der Waals surface area contributed by atoms with Crippen molar-refractivity contribution >= 4 is 49.1 Å². The van der Waals surface area contributed by atoms with Crippen LogP contribution in [0.5, 0.6) is 0 Å². The third kappa shape index (κ3) is 5.39. The molecule has 0 aromatic heterocycles. The summed E-state index contributed by atoms with van der Waals surface area (Å²) in [6.07, 6.45) is 12.0. The van der Waals surface area contributed by atoms with Crippen molar-refractivity contribution in [3.05, 3.63) is 215 Å². The first kappa shape index (κ1) is 42.6. The molecule has 0 heterocycles. The van der Waals surface area contributed by atoms with Crippen molar-refractivity contribution in [1.29, 1.82) is 0 Å². The number of fused-ring (bicyclic) bond motifs is 4. The van der Waals surface area contributed by atoms with E-state index in [4.69, 9.17) is 0 Å². The monoisotopic (exact) mass is 884 g/mol. The average molecular weight is 885 g/mol. The summed E-state index contributed by atoms with van der Waals surface area (Å²) in [4.78, 5) is 0. The Hall–Kier alpha value is -5.31. The van der Waals surface area contributed by atoms with Crippen LogP contribution >= 0.6 is 0 Å². The summed E-state index contributed by atoms with van der Waals surface area (Å²) < 4.78 is 5.96. The van der Waals surface area contributed by atoms with Crippen LogP contribution < -0.4 is 7.74 Å². The second-order valence-corrected chi connectivity index (χ2v) is 48.3. The standard InChI is InChI=1S/2C21H17.2C6H5.2C4H9.H2Si.Ti/c2*1-2-15-13-17-9-6-12-20(21(17)14-15)19-11-5-8-16-7-3-4-10-18(16)19;2*1-2-4-6-5-3-1;2*1-3-4-2;;/h2*3-14H,2H2,1H3;2*1-5H;2*1,3-4H2,2H3;1H2;. The summed E-state index contributed by atoms with van der Waals surface area (Å²) in [5.74, 6) is 0. The van der Waals surface area contributed by atoms with Gasteiger partial charge in [0.15, 0.2) is 0 Å². The Morgan fingerprint density at radius 1 is 0.391 bits per heavy atom. The minimum atomic E-state index is -6.18. The topological polar surface area (TPSA) is 0 Å². The molecule has 2 aliphatic carbocycles. The van der Waals surface area contributed by atoms with Crippen molar-refractivity contribution in [1.82, 2.24) is 0 Å². The van der Waals surface area contributed by atoms with Gasteiger partial charge in [0.05, 0.1) is 0 Å². The first-order valence-electron chi connectivity index (χ1n) is 24.4. The number of rotatable bonds is 14. The zero-order chi connectivity index (χ0) is 44.1. The average Bonchev–Trinajstić information content (AvgIpc) is 3.97. The summed E-state index contributed by atoms with van der Waals surface area (Å²) in [5.41, 5.74) is 14.6. The molecule has 0 aliphatic heterocycles. The van der Waals surface area contributed by atoms with Gasteiger partial charge < -0.3 is 0 Å². The van der Waals surface area contributed by atoms with Crippen LogP contribution in [-0.4, -0.2) is 7.63 Å². The molecule has 2 heteroatoms. The first-order chi connectivity index (χ1) is 31.3. The van der Waals surface area contributed by atoms with Gasteiger partial charge in [-0.1, -0.05) is 0 Å². The molecule has 2 aliphatic rings. The summed E-state index contributed by atoms with van der Waals surface area (Å²) in [6.45, 7) is 9.83. The van der Waals surface area contributed by atoms with E-state index >= 15 is 0 Å². The molecule has 0 N–H and O–H groups in total. The maximum atomic E-state index is 2.72. The van der Waals surface area contributed by atoms with Crippen LogP contribution in [0.4, 0.5) is 0 Å². The molecule has 2 unspecified atom stereocenters. The molecular formula is C62H64SiTi. The predicted octanol–water partition coefficient (Wildman–Crippen LogP) is 16.1. The Kier molecular flexibility index (Phi) is 10.3. The van der Waals surface area contributed by atoms with Crippen LogP contribution in [0.2, 0.25) is 9.45 Å². The van der Waals surface area contributed by atoms with E-state index in [2.05, 4.69) is 229 Å². The van der Waals surface area contributed by atoms with Crippen LogP contribution in [0, 0.1) is 0 Å². The van der Waals surface area contributed by atoms with Crippen molar-refractivity contribution in [2.75, 3.05) is 0 Å². The van der Waals surface area contributed by atoms with Crippen LogP contribution in [0.15, 0.2) is 193 Å². The van der Waals surface area contributed by atoms with Crippen molar-refractivity contribution in [2.24, 2.45) is 0 Å². The number of hydrogen-bond acceptors (Lipinski definition) is 0. The van der Waals surface area contributed by atoms with E-state index in [1.807, 2.05) is 0 Å². The summed E-state index contributed by atoms with van der Waals surface area (Å²) in [7, 11) is 2.66. The predicted molar refractivity (Wildman–Crippen MR) is 281 cm³/mol. The van der Waals surface area contributed by atoms with Gasteiger partial charge >= 0.3 is 382 Å². The van der Waals surface area contributed by atoms with Gasteiger partial charge in [-0.25, -0.2) is 0 Å². The van der Waals surface area contributed by atoms with Gasteiger partial charge in [0, 0.05) is 0 Å². The van der Waals surface area contributed by atoms with Gasteiger partial charge in [0.25, 0.3) is 0 Å². The van der Waals surface area contributed by atoms with E-state index in [0.29, 0.717) is 0 Å². The van der Waals surface area contributed by atoms with Crippen LogP contribution in [0.3, 0.4) is 0 Å². The summed E-state index contributed by atoms with van der Waals surface area (Å²) >= 11 is -6.18. The van der Waals surface area contributed by atoms with Gasteiger partial charge in [0.2, 0.25) is 0 Å². The molecule has 8 aromatic carbocycles. The van der Waals surface area contributed by atoms with E-state index in [0.717, 1.165) is 38.5 Å². The Morgan fingerprint density at radius 3 is 1.16 bits per heavy atom. The van der Waals surface area contributed by atoms with E-state index in [-0.39, 0.29) is 8.45 Å². The van der Waals surface area contributed by atoms with Crippen molar-refractivity contribution < 1.29 is 11.5 Å². The molecular weight excluding hydrogens is 821 g/mol. The molecule has 10 rings (SSSR count). The Labute approximate surface area is 379 Å². The second-order valence-electron chi connectivity index (χ2n) is 20.5. The van der Waals surface area contributed by atoms with Gasteiger partial charge in [-0.05, 0) is 0 Å². The number of hydrogen-bond donors (Lipinski definition) is 0. The molecule has 64 heavy (non-hydrogen) atoms. The number of unbranched alkanes of at least 4 members (excludes halogenated alkanes) is 2. The first-order valence-corrected chi connectivity index (χ1v) is 34.0. The number of allylic oxidation sites excluding steroid dienone is 2.